The first-order chi connectivity index (χ1) is 11.6. The summed E-state index contributed by atoms with van der Waals surface area (Å²) in [5.41, 5.74) is 2.83. The predicted molar refractivity (Wildman–Crippen MR) is 90.9 cm³/mol. The summed E-state index contributed by atoms with van der Waals surface area (Å²) in [5.74, 6) is -0.981. The van der Waals surface area contributed by atoms with Gasteiger partial charge in [0, 0.05) is 18.7 Å². The first kappa shape index (κ1) is 14.5. The van der Waals surface area contributed by atoms with Gasteiger partial charge < -0.3 is 10.0 Å². The van der Waals surface area contributed by atoms with E-state index in [0.29, 0.717) is 18.7 Å². The highest BCUT2D eigenvalue weighted by atomic mass is 16.4. The molecule has 0 saturated carbocycles. The van der Waals surface area contributed by atoms with Gasteiger partial charge in [-0.2, -0.15) is 0 Å². The van der Waals surface area contributed by atoms with E-state index in [9.17, 15) is 9.59 Å². The standard InChI is InChI=1S/C20H15NO3/c22-19(15-6-5-13-3-1-2-4-14(13)9-15)21-11-17-8-7-16(20(23)24)10-18(17)12-21/h1-10H,11-12H2,(H,23,24). The van der Waals surface area contributed by atoms with E-state index in [4.69, 9.17) is 5.11 Å². The molecule has 1 N–H and O–H groups in total. The van der Waals surface area contributed by atoms with Gasteiger partial charge in [-0.25, -0.2) is 4.79 Å². The number of carbonyl (C=O) groups excluding carboxylic acids is 1. The Balaban J connectivity index is 1.62. The summed E-state index contributed by atoms with van der Waals surface area (Å²) in [5, 5.41) is 11.2. The number of aromatic carboxylic acids is 1. The van der Waals surface area contributed by atoms with Crippen LogP contribution in [0.3, 0.4) is 0 Å². The molecule has 0 aromatic heterocycles. The van der Waals surface area contributed by atoms with Gasteiger partial charge in [-0.3, -0.25) is 4.79 Å². The summed E-state index contributed by atoms with van der Waals surface area (Å²) < 4.78 is 0. The number of carbonyl (C=O) groups is 2. The number of nitrogens with zero attached hydrogens (tertiary/aromatic N) is 1. The number of amides is 1. The van der Waals surface area contributed by atoms with E-state index in [0.717, 1.165) is 21.9 Å². The van der Waals surface area contributed by atoms with Crippen LogP contribution in [-0.2, 0) is 13.1 Å². The highest BCUT2D eigenvalue weighted by Gasteiger charge is 2.25. The average molecular weight is 317 g/mol. The second kappa shape index (κ2) is 5.49. The van der Waals surface area contributed by atoms with Gasteiger partial charge in [0.2, 0.25) is 0 Å². The van der Waals surface area contributed by atoms with Crippen molar-refractivity contribution in [2.45, 2.75) is 13.1 Å². The third kappa shape index (κ3) is 2.42. The summed E-state index contributed by atoms with van der Waals surface area (Å²) in [4.78, 5) is 25.6. The molecule has 4 rings (SSSR count). The minimum Gasteiger partial charge on any atom is -0.478 e. The average Bonchev–Trinajstić information content (AvgIpc) is 3.03. The molecule has 3 aromatic rings. The summed E-state index contributed by atoms with van der Waals surface area (Å²) in [6.07, 6.45) is 0. The summed E-state index contributed by atoms with van der Waals surface area (Å²) >= 11 is 0. The van der Waals surface area contributed by atoms with E-state index in [2.05, 4.69) is 0 Å². The number of carboxylic acids is 1. The minimum absolute atomic E-state index is 0.0335. The fourth-order valence-corrected chi connectivity index (χ4v) is 3.18. The number of carboxylic acid groups (broad SMARTS) is 1. The van der Waals surface area contributed by atoms with Crippen LogP contribution in [0, 0.1) is 0 Å². The summed E-state index contributed by atoms with van der Waals surface area (Å²) in [6, 6.07) is 18.7. The molecule has 4 heteroatoms. The summed E-state index contributed by atoms with van der Waals surface area (Å²) in [7, 11) is 0. The van der Waals surface area contributed by atoms with Crippen molar-refractivity contribution in [2.75, 3.05) is 0 Å². The van der Waals surface area contributed by atoms with Crippen molar-refractivity contribution in [3.8, 4) is 0 Å². The molecule has 3 aromatic carbocycles. The van der Waals surface area contributed by atoms with Gasteiger partial charge >= 0.3 is 5.97 Å². The molecule has 1 heterocycles. The van der Waals surface area contributed by atoms with Gasteiger partial charge in [-0.15, -0.1) is 0 Å². The van der Waals surface area contributed by atoms with Gasteiger partial charge in [0.25, 0.3) is 5.91 Å². The van der Waals surface area contributed by atoms with Crippen LogP contribution < -0.4 is 0 Å². The number of rotatable bonds is 2. The molecule has 0 radical (unpaired) electrons. The Hall–Kier alpha value is -3.14. The first-order valence-corrected chi connectivity index (χ1v) is 7.75. The largest absolute Gasteiger partial charge is 0.478 e. The van der Waals surface area contributed by atoms with E-state index in [-0.39, 0.29) is 11.5 Å². The van der Waals surface area contributed by atoms with Crippen LogP contribution in [0.5, 0.6) is 0 Å². The lowest BCUT2D eigenvalue weighted by Gasteiger charge is -2.15. The zero-order valence-corrected chi connectivity index (χ0v) is 12.9. The molecule has 0 atom stereocenters. The Labute approximate surface area is 139 Å². The Morgan fingerprint density at radius 2 is 1.50 bits per heavy atom. The molecule has 1 amide bonds. The van der Waals surface area contributed by atoms with Crippen molar-refractivity contribution in [2.24, 2.45) is 0 Å². The van der Waals surface area contributed by atoms with Crippen molar-refractivity contribution in [1.29, 1.82) is 0 Å². The molecule has 118 valence electrons. The Bertz CT molecular complexity index is 978. The maximum Gasteiger partial charge on any atom is 0.335 e. The van der Waals surface area contributed by atoms with Crippen LogP contribution >= 0.6 is 0 Å². The van der Waals surface area contributed by atoms with Crippen LogP contribution in [-0.4, -0.2) is 21.9 Å². The van der Waals surface area contributed by atoms with Gasteiger partial charge in [0.1, 0.15) is 0 Å². The van der Waals surface area contributed by atoms with E-state index < -0.39 is 5.97 Å². The fourth-order valence-electron chi connectivity index (χ4n) is 3.18. The molecule has 0 spiro atoms. The van der Waals surface area contributed by atoms with Gasteiger partial charge in [-0.05, 0) is 46.2 Å². The van der Waals surface area contributed by atoms with E-state index in [1.807, 2.05) is 42.5 Å². The van der Waals surface area contributed by atoms with Crippen LogP contribution in [0.25, 0.3) is 10.8 Å². The Morgan fingerprint density at radius 1 is 0.792 bits per heavy atom. The third-order valence-electron chi connectivity index (χ3n) is 4.46. The number of hydrogen-bond acceptors (Lipinski definition) is 2. The highest BCUT2D eigenvalue weighted by molar-refractivity contribution is 5.99. The van der Waals surface area contributed by atoms with Crippen molar-refractivity contribution >= 4 is 22.6 Å². The third-order valence-corrected chi connectivity index (χ3v) is 4.46. The molecule has 1 aliphatic rings. The SMILES string of the molecule is O=C(O)c1ccc2c(c1)CN(C(=O)c1ccc3ccccc3c1)C2. The van der Waals surface area contributed by atoms with E-state index in [1.165, 1.54) is 0 Å². The van der Waals surface area contributed by atoms with E-state index >= 15 is 0 Å². The molecule has 4 nitrogen and oxygen atoms in total. The van der Waals surface area contributed by atoms with Crippen molar-refractivity contribution < 1.29 is 14.7 Å². The molecular formula is C20H15NO3. The predicted octanol–water partition coefficient (Wildman–Crippen LogP) is 3.69. The zero-order valence-electron chi connectivity index (χ0n) is 12.9. The molecule has 1 aliphatic heterocycles. The Kier molecular flexibility index (Phi) is 3.31. The lowest BCUT2D eigenvalue weighted by Crippen LogP contribution is -2.25. The van der Waals surface area contributed by atoms with Crippen LogP contribution in [0.4, 0.5) is 0 Å². The van der Waals surface area contributed by atoms with Crippen LogP contribution in [0.1, 0.15) is 31.8 Å². The molecule has 0 aliphatic carbocycles. The van der Waals surface area contributed by atoms with Crippen molar-refractivity contribution in [3.05, 3.63) is 82.9 Å². The maximum atomic E-state index is 12.8. The highest BCUT2D eigenvalue weighted by Crippen LogP contribution is 2.26. The number of hydrogen-bond donors (Lipinski definition) is 1. The topological polar surface area (TPSA) is 57.6 Å². The molecule has 0 unspecified atom stereocenters. The fraction of sp³-hybridized carbons (Fsp3) is 0.100. The van der Waals surface area contributed by atoms with E-state index in [1.54, 1.807) is 23.1 Å². The molecule has 0 fully saturated rings. The second-order valence-corrected chi connectivity index (χ2v) is 6.01. The lowest BCUT2D eigenvalue weighted by atomic mass is 10.1. The Morgan fingerprint density at radius 3 is 2.29 bits per heavy atom. The zero-order chi connectivity index (χ0) is 16.7. The molecular weight excluding hydrogens is 302 g/mol. The normalized spacial score (nSPS) is 13.1. The molecule has 24 heavy (non-hydrogen) atoms. The van der Waals surface area contributed by atoms with Crippen LogP contribution in [0.15, 0.2) is 60.7 Å². The molecule has 0 bridgehead atoms. The monoisotopic (exact) mass is 317 g/mol. The molecule has 0 saturated heterocycles. The quantitative estimate of drug-likeness (QED) is 0.784. The van der Waals surface area contributed by atoms with Gasteiger partial charge in [-0.1, -0.05) is 36.4 Å². The second-order valence-electron chi connectivity index (χ2n) is 6.01. The van der Waals surface area contributed by atoms with Gasteiger partial charge in [0.15, 0.2) is 0 Å². The van der Waals surface area contributed by atoms with Crippen molar-refractivity contribution in [1.82, 2.24) is 4.90 Å². The van der Waals surface area contributed by atoms with Crippen molar-refractivity contribution in [3.63, 3.8) is 0 Å². The number of fused-ring (bicyclic) bond motifs is 2. The lowest BCUT2D eigenvalue weighted by molar-refractivity contribution is 0.0696. The van der Waals surface area contributed by atoms with Crippen LogP contribution in [0.2, 0.25) is 0 Å². The number of benzene rings is 3. The smallest absolute Gasteiger partial charge is 0.335 e. The summed E-state index contributed by atoms with van der Waals surface area (Å²) in [6.45, 7) is 0.961. The minimum atomic E-state index is -0.947. The van der Waals surface area contributed by atoms with Gasteiger partial charge in [0.05, 0.1) is 5.56 Å². The first-order valence-electron chi connectivity index (χ1n) is 7.75. The maximum absolute atomic E-state index is 12.8.